The number of carbonyl (C=O) groups excluding carboxylic acids is 1. The van der Waals surface area contributed by atoms with E-state index in [-0.39, 0.29) is 17.8 Å². The van der Waals surface area contributed by atoms with Crippen LogP contribution >= 0.6 is 0 Å². The van der Waals surface area contributed by atoms with Gasteiger partial charge in [0, 0.05) is 35.3 Å². The second kappa shape index (κ2) is 7.33. The van der Waals surface area contributed by atoms with E-state index in [1.807, 2.05) is 30.3 Å². The predicted octanol–water partition coefficient (Wildman–Crippen LogP) is 4.71. The standard InChI is InChI=1S/C23H19FN4O2/c1-14-26-22(30-27-14)21-3-2-10-28(21)23(29)16-6-4-15(5-7-16)18-11-17-8-9-19(24)12-20(17)25-13-18/h4-9,11-13,21H,2-3,10H2,1H3/t21-/m0/s1. The molecule has 1 saturated heterocycles. The summed E-state index contributed by atoms with van der Waals surface area (Å²) in [6.45, 7) is 2.43. The van der Waals surface area contributed by atoms with Crippen molar-refractivity contribution in [2.24, 2.45) is 0 Å². The van der Waals surface area contributed by atoms with Gasteiger partial charge in [-0.3, -0.25) is 9.78 Å². The SMILES string of the molecule is Cc1noc([C@@H]2CCCN2C(=O)c2ccc(-c3cnc4cc(F)ccc4c3)cc2)n1. The summed E-state index contributed by atoms with van der Waals surface area (Å²) in [5.41, 5.74) is 3.07. The van der Waals surface area contributed by atoms with Crippen LogP contribution < -0.4 is 0 Å². The first-order valence-corrected chi connectivity index (χ1v) is 9.85. The number of aromatic nitrogens is 3. The fourth-order valence-electron chi connectivity index (χ4n) is 3.94. The third kappa shape index (κ3) is 3.32. The Balaban J connectivity index is 1.39. The molecule has 4 aromatic rings. The van der Waals surface area contributed by atoms with Gasteiger partial charge in [0.1, 0.15) is 11.9 Å². The number of hydrogen-bond acceptors (Lipinski definition) is 5. The van der Waals surface area contributed by atoms with E-state index in [0.29, 0.717) is 29.3 Å². The van der Waals surface area contributed by atoms with Crippen molar-refractivity contribution >= 4 is 16.8 Å². The van der Waals surface area contributed by atoms with Crippen LogP contribution in [0.25, 0.3) is 22.0 Å². The zero-order chi connectivity index (χ0) is 20.7. The second-order valence-corrected chi connectivity index (χ2v) is 7.47. The fraction of sp³-hybridized carbons (Fsp3) is 0.217. The molecule has 1 aliphatic rings. The molecular weight excluding hydrogens is 383 g/mol. The van der Waals surface area contributed by atoms with E-state index < -0.39 is 0 Å². The molecule has 0 saturated carbocycles. The molecule has 150 valence electrons. The van der Waals surface area contributed by atoms with Crippen LogP contribution in [0.5, 0.6) is 0 Å². The number of fused-ring (bicyclic) bond motifs is 1. The van der Waals surface area contributed by atoms with Crippen molar-refractivity contribution in [2.75, 3.05) is 6.54 Å². The summed E-state index contributed by atoms with van der Waals surface area (Å²) in [5, 5.41) is 4.71. The Morgan fingerprint density at radius 2 is 1.97 bits per heavy atom. The van der Waals surface area contributed by atoms with E-state index in [2.05, 4.69) is 15.1 Å². The van der Waals surface area contributed by atoms with Gasteiger partial charge in [-0.1, -0.05) is 17.3 Å². The quantitative estimate of drug-likeness (QED) is 0.496. The number of benzene rings is 2. The molecule has 0 unspecified atom stereocenters. The molecule has 1 fully saturated rings. The van der Waals surface area contributed by atoms with Crippen molar-refractivity contribution in [1.82, 2.24) is 20.0 Å². The monoisotopic (exact) mass is 402 g/mol. The van der Waals surface area contributed by atoms with Crippen LogP contribution in [0, 0.1) is 12.7 Å². The fourth-order valence-corrected chi connectivity index (χ4v) is 3.94. The van der Waals surface area contributed by atoms with Crippen LogP contribution in [0.1, 0.15) is 41.0 Å². The molecule has 0 N–H and O–H groups in total. The van der Waals surface area contributed by atoms with Gasteiger partial charge in [-0.15, -0.1) is 0 Å². The number of likely N-dealkylation sites (tertiary alicyclic amines) is 1. The van der Waals surface area contributed by atoms with E-state index in [1.165, 1.54) is 12.1 Å². The van der Waals surface area contributed by atoms with Gasteiger partial charge < -0.3 is 9.42 Å². The number of halogens is 1. The third-order valence-electron chi connectivity index (χ3n) is 5.45. The molecule has 1 amide bonds. The lowest BCUT2D eigenvalue weighted by Gasteiger charge is -2.22. The minimum Gasteiger partial charge on any atom is -0.337 e. The molecule has 2 aromatic carbocycles. The van der Waals surface area contributed by atoms with Gasteiger partial charge in [-0.2, -0.15) is 4.98 Å². The van der Waals surface area contributed by atoms with Crippen molar-refractivity contribution in [1.29, 1.82) is 0 Å². The maximum absolute atomic E-state index is 13.4. The normalized spacial score (nSPS) is 16.3. The smallest absolute Gasteiger partial charge is 0.254 e. The molecule has 5 rings (SSSR count). The first-order valence-electron chi connectivity index (χ1n) is 9.85. The van der Waals surface area contributed by atoms with Gasteiger partial charge in [0.25, 0.3) is 5.91 Å². The van der Waals surface area contributed by atoms with Crippen molar-refractivity contribution in [2.45, 2.75) is 25.8 Å². The molecule has 3 heterocycles. The highest BCUT2D eigenvalue weighted by molar-refractivity contribution is 5.95. The number of aryl methyl sites for hydroxylation is 1. The topological polar surface area (TPSA) is 72.1 Å². The summed E-state index contributed by atoms with van der Waals surface area (Å²) >= 11 is 0. The van der Waals surface area contributed by atoms with Gasteiger partial charge in [0.15, 0.2) is 5.82 Å². The average Bonchev–Trinajstić information content (AvgIpc) is 3.42. The van der Waals surface area contributed by atoms with Crippen LogP contribution in [0.15, 0.2) is 59.3 Å². The number of carbonyl (C=O) groups is 1. The molecule has 2 aromatic heterocycles. The first kappa shape index (κ1) is 18.4. The van der Waals surface area contributed by atoms with Crippen molar-refractivity contribution in [3.63, 3.8) is 0 Å². The summed E-state index contributed by atoms with van der Waals surface area (Å²) in [6.07, 6.45) is 3.43. The van der Waals surface area contributed by atoms with Crippen LogP contribution in [0.4, 0.5) is 4.39 Å². The summed E-state index contributed by atoms with van der Waals surface area (Å²) in [6, 6.07) is 13.8. The van der Waals surface area contributed by atoms with Crippen molar-refractivity contribution in [3.8, 4) is 11.1 Å². The highest BCUT2D eigenvalue weighted by Crippen LogP contribution is 2.32. The largest absolute Gasteiger partial charge is 0.337 e. The maximum atomic E-state index is 13.4. The van der Waals surface area contributed by atoms with Crippen molar-refractivity contribution < 1.29 is 13.7 Å². The van der Waals surface area contributed by atoms with Crippen LogP contribution in [0.2, 0.25) is 0 Å². The molecule has 6 nitrogen and oxygen atoms in total. The molecule has 0 aliphatic carbocycles. The maximum Gasteiger partial charge on any atom is 0.254 e. The van der Waals surface area contributed by atoms with Gasteiger partial charge in [-0.05, 0) is 55.7 Å². The predicted molar refractivity (Wildman–Crippen MR) is 109 cm³/mol. The lowest BCUT2D eigenvalue weighted by Crippen LogP contribution is -2.30. The van der Waals surface area contributed by atoms with Gasteiger partial charge >= 0.3 is 0 Å². The number of pyridine rings is 1. The summed E-state index contributed by atoms with van der Waals surface area (Å²) in [7, 11) is 0. The number of amides is 1. The Morgan fingerprint density at radius 1 is 1.13 bits per heavy atom. The van der Waals surface area contributed by atoms with E-state index >= 15 is 0 Å². The van der Waals surface area contributed by atoms with Crippen molar-refractivity contribution in [3.05, 3.63) is 77.8 Å². The molecule has 30 heavy (non-hydrogen) atoms. The highest BCUT2D eigenvalue weighted by Gasteiger charge is 2.34. The van der Waals surface area contributed by atoms with E-state index in [0.717, 1.165) is 29.4 Å². The minimum atomic E-state index is -0.304. The molecular formula is C23H19FN4O2. The average molecular weight is 402 g/mol. The first-order chi connectivity index (χ1) is 14.6. The van der Waals surface area contributed by atoms with E-state index in [1.54, 1.807) is 24.1 Å². The number of hydrogen-bond donors (Lipinski definition) is 0. The second-order valence-electron chi connectivity index (χ2n) is 7.47. The Labute approximate surface area is 172 Å². The minimum absolute atomic E-state index is 0.0491. The molecule has 0 bridgehead atoms. The Hall–Kier alpha value is -3.61. The summed E-state index contributed by atoms with van der Waals surface area (Å²) in [5.74, 6) is 0.711. The Bertz CT molecular complexity index is 1240. The van der Waals surface area contributed by atoms with Gasteiger partial charge in [0.2, 0.25) is 5.89 Å². The molecule has 1 atom stereocenters. The lowest BCUT2D eigenvalue weighted by atomic mass is 10.0. The summed E-state index contributed by atoms with van der Waals surface area (Å²) in [4.78, 5) is 23.5. The van der Waals surface area contributed by atoms with Crippen LogP contribution in [0.3, 0.4) is 0 Å². The highest BCUT2D eigenvalue weighted by atomic mass is 19.1. The third-order valence-corrected chi connectivity index (χ3v) is 5.45. The molecule has 7 heteroatoms. The van der Waals surface area contributed by atoms with Gasteiger partial charge in [0.05, 0.1) is 5.52 Å². The number of nitrogens with zero attached hydrogens (tertiary/aromatic N) is 4. The number of rotatable bonds is 3. The zero-order valence-electron chi connectivity index (χ0n) is 16.4. The zero-order valence-corrected chi connectivity index (χ0v) is 16.4. The molecule has 0 radical (unpaired) electrons. The van der Waals surface area contributed by atoms with Gasteiger partial charge in [-0.25, -0.2) is 4.39 Å². The van der Waals surface area contributed by atoms with Crippen LogP contribution in [-0.2, 0) is 0 Å². The summed E-state index contributed by atoms with van der Waals surface area (Å²) < 4.78 is 18.7. The molecule has 0 spiro atoms. The van der Waals surface area contributed by atoms with Crippen LogP contribution in [-0.4, -0.2) is 32.5 Å². The van der Waals surface area contributed by atoms with E-state index in [4.69, 9.17) is 4.52 Å². The lowest BCUT2D eigenvalue weighted by molar-refractivity contribution is 0.0710. The molecule has 1 aliphatic heterocycles. The van der Waals surface area contributed by atoms with E-state index in [9.17, 15) is 9.18 Å². The Morgan fingerprint density at radius 3 is 2.73 bits per heavy atom. The Kier molecular flexibility index (Phi) is 4.50.